The first-order valence-corrected chi connectivity index (χ1v) is 5.70. The van der Waals surface area contributed by atoms with Crippen molar-refractivity contribution in [2.24, 2.45) is 5.73 Å². The summed E-state index contributed by atoms with van der Waals surface area (Å²) in [5, 5.41) is 9.74. The maximum atomic E-state index is 9.74. The average Bonchev–Trinajstić information content (AvgIpc) is 2.17. The van der Waals surface area contributed by atoms with Gasteiger partial charge in [0.25, 0.3) is 0 Å². The maximum absolute atomic E-state index is 9.74. The summed E-state index contributed by atoms with van der Waals surface area (Å²) >= 11 is 0. The van der Waals surface area contributed by atoms with Gasteiger partial charge in [0.15, 0.2) is 0 Å². The van der Waals surface area contributed by atoms with Gasteiger partial charge in [0.2, 0.25) is 0 Å². The quantitative estimate of drug-likeness (QED) is 0.728. The molecule has 1 rings (SSSR count). The average molecular weight is 207 g/mol. The lowest BCUT2D eigenvalue weighted by molar-refractivity contribution is 0.455. The Kier molecular flexibility index (Phi) is 4.63. The second-order valence-electron chi connectivity index (χ2n) is 4.16. The summed E-state index contributed by atoms with van der Waals surface area (Å²) < 4.78 is 0. The van der Waals surface area contributed by atoms with E-state index in [9.17, 15) is 5.11 Å². The third kappa shape index (κ3) is 3.56. The van der Waals surface area contributed by atoms with Gasteiger partial charge < -0.3 is 10.8 Å². The first-order chi connectivity index (χ1) is 7.15. The summed E-state index contributed by atoms with van der Waals surface area (Å²) in [6.07, 6.45) is 4.49. The number of rotatable bonds is 5. The van der Waals surface area contributed by atoms with Gasteiger partial charge in [-0.1, -0.05) is 38.3 Å². The van der Waals surface area contributed by atoms with Crippen LogP contribution in [0.2, 0.25) is 0 Å². The van der Waals surface area contributed by atoms with Gasteiger partial charge in [-0.05, 0) is 25.0 Å². The van der Waals surface area contributed by atoms with Crippen molar-refractivity contribution in [2.75, 3.05) is 0 Å². The van der Waals surface area contributed by atoms with Crippen LogP contribution in [-0.2, 0) is 0 Å². The molecule has 0 saturated carbocycles. The molecule has 0 bridgehead atoms. The Morgan fingerprint density at radius 3 is 2.67 bits per heavy atom. The van der Waals surface area contributed by atoms with E-state index in [1.165, 1.54) is 12.8 Å². The largest absolute Gasteiger partial charge is 0.508 e. The van der Waals surface area contributed by atoms with Crippen LogP contribution in [0.25, 0.3) is 0 Å². The molecule has 1 aromatic rings. The highest BCUT2D eigenvalue weighted by Crippen LogP contribution is 2.26. The van der Waals surface area contributed by atoms with Crippen LogP contribution in [0.3, 0.4) is 0 Å². The van der Waals surface area contributed by atoms with E-state index in [0.29, 0.717) is 5.75 Å². The summed E-state index contributed by atoms with van der Waals surface area (Å²) in [6.45, 7) is 4.14. The Bertz CT molecular complexity index is 309. The minimum Gasteiger partial charge on any atom is -0.508 e. The van der Waals surface area contributed by atoms with Crippen LogP contribution < -0.4 is 5.73 Å². The number of benzene rings is 1. The van der Waals surface area contributed by atoms with Crippen molar-refractivity contribution in [3.63, 3.8) is 0 Å². The molecule has 0 aliphatic rings. The normalized spacial score (nSPS) is 12.7. The summed E-state index contributed by atoms with van der Waals surface area (Å²) in [5.41, 5.74) is 7.97. The molecule has 0 fully saturated rings. The summed E-state index contributed by atoms with van der Waals surface area (Å²) in [7, 11) is 0. The Labute approximate surface area is 92.1 Å². The number of unbranched alkanes of at least 4 members (excludes halogenated alkanes) is 2. The van der Waals surface area contributed by atoms with Crippen molar-refractivity contribution >= 4 is 0 Å². The number of hydrogen-bond acceptors (Lipinski definition) is 2. The van der Waals surface area contributed by atoms with Crippen molar-refractivity contribution in [3.8, 4) is 5.75 Å². The minimum absolute atomic E-state index is 0.0304. The fraction of sp³-hybridized carbons (Fsp3) is 0.538. The summed E-state index contributed by atoms with van der Waals surface area (Å²) in [6, 6.07) is 5.67. The van der Waals surface area contributed by atoms with Crippen LogP contribution in [0.15, 0.2) is 18.2 Å². The van der Waals surface area contributed by atoms with E-state index in [2.05, 4.69) is 6.92 Å². The Morgan fingerprint density at radius 2 is 2.07 bits per heavy atom. The molecule has 3 N–H and O–H groups in total. The number of phenolic OH excluding ortho intramolecular Hbond substituents is 1. The Balaban J connectivity index is 2.61. The van der Waals surface area contributed by atoms with Crippen molar-refractivity contribution in [2.45, 2.75) is 45.6 Å². The molecular weight excluding hydrogens is 186 g/mol. The van der Waals surface area contributed by atoms with Crippen LogP contribution in [-0.4, -0.2) is 5.11 Å². The van der Waals surface area contributed by atoms with E-state index in [1.54, 1.807) is 6.07 Å². The van der Waals surface area contributed by atoms with Gasteiger partial charge in [0, 0.05) is 11.6 Å². The van der Waals surface area contributed by atoms with Crippen LogP contribution in [0, 0.1) is 6.92 Å². The van der Waals surface area contributed by atoms with E-state index < -0.39 is 0 Å². The van der Waals surface area contributed by atoms with E-state index in [0.717, 1.165) is 24.0 Å². The lowest BCUT2D eigenvalue weighted by atomic mass is 9.99. The van der Waals surface area contributed by atoms with E-state index in [-0.39, 0.29) is 6.04 Å². The second kappa shape index (κ2) is 5.76. The molecule has 0 unspecified atom stereocenters. The van der Waals surface area contributed by atoms with Gasteiger partial charge in [-0.2, -0.15) is 0 Å². The monoisotopic (exact) mass is 207 g/mol. The topological polar surface area (TPSA) is 46.2 Å². The predicted molar refractivity (Wildman–Crippen MR) is 63.9 cm³/mol. The van der Waals surface area contributed by atoms with Crippen molar-refractivity contribution < 1.29 is 5.11 Å². The van der Waals surface area contributed by atoms with Crippen molar-refractivity contribution in [1.82, 2.24) is 0 Å². The van der Waals surface area contributed by atoms with Gasteiger partial charge in [-0.15, -0.1) is 0 Å². The first-order valence-electron chi connectivity index (χ1n) is 5.70. The Hall–Kier alpha value is -1.02. The smallest absolute Gasteiger partial charge is 0.120 e. The fourth-order valence-corrected chi connectivity index (χ4v) is 1.74. The zero-order valence-corrected chi connectivity index (χ0v) is 9.66. The molecule has 1 atom stereocenters. The molecule has 2 heteroatoms. The molecule has 15 heavy (non-hydrogen) atoms. The summed E-state index contributed by atoms with van der Waals surface area (Å²) in [5.74, 6) is 0.332. The molecule has 2 nitrogen and oxygen atoms in total. The third-order valence-electron chi connectivity index (χ3n) is 2.70. The minimum atomic E-state index is -0.0304. The molecule has 0 aliphatic heterocycles. The van der Waals surface area contributed by atoms with E-state index >= 15 is 0 Å². The van der Waals surface area contributed by atoms with Crippen LogP contribution in [0.1, 0.15) is 49.8 Å². The van der Waals surface area contributed by atoms with Crippen LogP contribution >= 0.6 is 0 Å². The zero-order chi connectivity index (χ0) is 11.3. The van der Waals surface area contributed by atoms with Gasteiger partial charge in [-0.25, -0.2) is 0 Å². The molecule has 84 valence electrons. The number of phenols is 1. The molecule has 1 aromatic carbocycles. The molecule has 0 saturated heterocycles. The standard InChI is InChI=1S/C13H21NO/c1-3-4-5-6-12(14)11-8-7-10(2)9-13(11)15/h7-9,12,15H,3-6,14H2,1-2H3/t12-/m1/s1. The van der Waals surface area contributed by atoms with Gasteiger partial charge in [-0.3, -0.25) is 0 Å². The predicted octanol–water partition coefficient (Wildman–Crippen LogP) is 3.28. The van der Waals surface area contributed by atoms with E-state index in [4.69, 9.17) is 5.73 Å². The molecule has 0 aliphatic carbocycles. The first kappa shape index (κ1) is 12.1. The van der Waals surface area contributed by atoms with Crippen LogP contribution in [0.5, 0.6) is 5.75 Å². The molecule has 0 radical (unpaired) electrons. The van der Waals surface area contributed by atoms with Crippen molar-refractivity contribution in [3.05, 3.63) is 29.3 Å². The van der Waals surface area contributed by atoms with E-state index in [1.807, 2.05) is 19.1 Å². The zero-order valence-electron chi connectivity index (χ0n) is 9.66. The number of nitrogens with two attached hydrogens (primary N) is 1. The fourth-order valence-electron chi connectivity index (χ4n) is 1.74. The van der Waals surface area contributed by atoms with Crippen LogP contribution in [0.4, 0.5) is 0 Å². The van der Waals surface area contributed by atoms with Gasteiger partial charge >= 0.3 is 0 Å². The van der Waals surface area contributed by atoms with Crippen molar-refractivity contribution in [1.29, 1.82) is 0 Å². The van der Waals surface area contributed by atoms with Gasteiger partial charge in [0.05, 0.1) is 0 Å². The molecule has 0 amide bonds. The molecule has 0 heterocycles. The molecule has 0 spiro atoms. The molecule has 0 aromatic heterocycles. The third-order valence-corrected chi connectivity index (χ3v) is 2.70. The number of aryl methyl sites for hydroxylation is 1. The Morgan fingerprint density at radius 1 is 1.33 bits per heavy atom. The van der Waals surface area contributed by atoms with Gasteiger partial charge in [0.1, 0.15) is 5.75 Å². The lowest BCUT2D eigenvalue weighted by Gasteiger charge is -2.13. The second-order valence-corrected chi connectivity index (χ2v) is 4.16. The molecular formula is C13H21NO. The SMILES string of the molecule is CCCCC[C@@H](N)c1ccc(C)cc1O. The number of aromatic hydroxyl groups is 1. The highest BCUT2D eigenvalue weighted by Gasteiger charge is 2.09. The maximum Gasteiger partial charge on any atom is 0.120 e. The highest BCUT2D eigenvalue weighted by molar-refractivity contribution is 5.37. The highest BCUT2D eigenvalue weighted by atomic mass is 16.3. The number of hydrogen-bond donors (Lipinski definition) is 2. The lowest BCUT2D eigenvalue weighted by Crippen LogP contribution is -2.10. The summed E-state index contributed by atoms with van der Waals surface area (Å²) in [4.78, 5) is 0.